The van der Waals surface area contributed by atoms with E-state index in [-0.39, 0.29) is 10.4 Å². The molecule has 1 unspecified atom stereocenters. The fourth-order valence-electron chi connectivity index (χ4n) is 3.15. The maximum atomic E-state index is 15.7. The van der Waals surface area contributed by atoms with Crippen LogP contribution >= 0.6 is 11.3 Å². The summed E-state index contributed by atoms with van der Waals surface area (Å²) in [7, 11) is 0. The van der Waals surface area contributed by atoms with Crippen molar-refractivity contribution in [2.24, 2.45) is 0 Å². The van der Waals surface area contributed by atoms with Gasteiger partial charge in [-0.05, 0) is 52.9 Å². The molecular formula is C22H12F6N4OS. The van der Waals surface area contributed by atoms with Crippen LogP contribution in [0, 0.1) is 35.1 Å². The first kappa shape index (κ1) is 23.5. The van der Waals surface area contributed by atoms with Gasteiger partial charge in [0.25, 0.3) is 0 Å². The van der Waals surface area contributed by atoms with Gasteiger partial charge in [-0.2, -0.15) is 8.78 Å². The average molecular weight is 494 g/mol. The van der Waals surface area contributed by atoms with E-state index >= 15 is 8.78 Å². The lowest BCUT2D eigenvalue weighted by Crippen LogP contribution is -2.47. The predicted octanol–water partition coefficient (Wildman–Crippen LogP) is 4.37. The summed E-state index contributed by atoms with van der Waals surface area (Å²) in [6.45, 7) is -0.955. The molecule has 0 spiro atoms. The molecule has 5 nitrogen and oxygen atoms in total. The van der Waals surface area contributed by atoms with Crippen molar-refractivity contribution in [2.45, 2.75) is 18.1 Å². The van der Waals surface area contributed by atoms with Crippen LogP contribution < -0.4 is 0 Å². The highest BCUT2D eigenvalue weighted by atomic mass is 32.1. The van der Waals surface area contributed by atoms with E-state index in [9.17, 15) is 22.7 Å². The molecule has 2 aromatic heterocycles. The predicted molar refractivity (Wildman–Crippen MR) is 109 cm³/mol. The maximum Gasteiger partial charge on any atom is 0.316 e. The van der Waals surface area contributed by atoms with Crippen LogP contribution in [0.3, 0.4) is 0 Å². The second-order valence-electron chi connectivity index (χ2n) is 7.11. The highest BCUT2D eigenvalue weighted by Gasteiger charge is 2.57. The van der Waals surface area contributed by atoms with Crippen LogP contribution in [0.2, 0.25) is 0 Å². The van der Waals surface area contributed by atoms with E-state index in [0.717, 1.165) is 41.3 Å². The van der Waals surface area contributed by atoms with Gasteiger partial charge in [-0.25, -0.2) is 22.2 Å². The number of hydrogen-bond acceptors (Lipinski definition) is 5. The van der Waals surface area contributed by atoms with Gasteiger partial charge in [-0.1, -0.05) is 11.8 Å². The number of alkyl halides is 2. The van der Waals surface area contributed by atoms with E-state index in [1.165, 1.54) is 12.1 Å². The molecule has 2 heterocycles. The summed E-state index contributed by atoms with van der Waals surface area (Å²) in [6.07, 6.45) is 0.954. The van der Waals surface area contributed by atoms with Gasteiger partial charge in [0.1, 0.15) is 18.0 Å². The van der Waals surface area contributed by atoms with Gasteiger partial charge in [0.05, 0.1) is 16.3 Å². The number of aromatic nitrogens is 4. The summed E-state index contributed by atoms with van der Waals surface area (Å²) in [5.74, 6) is -3.58. The quantitative estimate of drug-likeness (QED) is 0.331. The van der Waals surface area contributed by atoms with E-state index in [1.807, 2.05) is 0 Å². The zero-order chi connectivity index (χ0) is 24.5. The van der Waals surface area contributed by atoms with Crippen LogP contribution in [-0.2, 0) is 18.1 Å². The molecule has 2 aromatic carbocycles. The van der Waals surface area contributed by atoms with Crippen molar-refractivity contribution < 1.29 is 31.4 Å². The first-order valence-electron chi connectivity index (χ1n) is 9.44. The summed E-state index contributed by atoms with van der Waals surface area (Å²) in [6, 6.07) is 7.02. The topological polar surface area (TPSA) is 63.8 Å². The van der Waals surface area contributed by atoms with E-state index in [1.54, 1.807) is 0 Å². The molecule has 0 amide bonds. The van der Waals surface area contributed by atoms with Crippen LogP contribution in [0.25, 0.3) is 0 Å². The molecule has 34 heavy (non-hydrogen) atoms. The lowest BCUT2D eigenvalue weighted by molar-refractivity contribution is -0.203. The number of rotatable bonds is 5. The largest absolute Gasteiger partial charge is 0.377 e. The molecule has 0 aliphatic heterocycles. The second-order valence-corrected chi connectivity index (χ2v) is 8.19. The monoisotopic (exact) mass is 494 g/mol. The Balaban J connectivity index is 1.73. The lowest BCUT2D eigenvalue weighted by atomic mass is 9.85. The third-order valence-electron chi connectivity index (χ3n) is 4.84. The molecule has 0 radical (unpaired) electrons. The molecule has 4 aromatic rings. The van der Waals surface area contributed by atoms with Gasteiger partial charge < -0.3 is 5.11 Å². The molecule has 0 aliphatic rings. The van der Waals surface area contributed by atoms with E-state index in [2.05, 4.69) is 27.4 Å². The molecule has 0 saturated carbocycles. The highest BCUT2D eigenvalue weighted by molar-refractivity contribution is 7.12. The van der Waals surface area contributed by atoms with Crippen molar-refractivity contribution in [1.82, 2.24) is 20.2 Å². The Morgan fingerprint density at radius 3 is 2.38 bits per heavy atom. The van der Waals surface area contributed by atoms with Crippen molar-refractivity contribution in [3.8, 4) is 11.8 Å². The van der Waals surface area contributed by atoms with Crippen molar-refractivity contribution >= 4 is 11.3 Å². The third kappa shape index (κ3) is 4.40. The Morgan fingerprint density at radius 2 is 1.71 bits per heavy atom. The van der Waals surface area contributed by atoms with Crippen LogP contribution in [-0.4, -0.2) is 25.3 Å². The average Bonchev–Trinajstić information content (AvgIpc) is 3.46. The summed E-state index contributed by atoms with van der Waals surface area (Å²) in [5.41, 5.74) is -3.96. The maximum absolute atomic E-state index is 15.7. The Morgan fingerprint density at radius 1 is 0.912 bits per heavy atom. The minimum atomic E-state index is -4.11. The molecule has 1 atom stereocenters. The molecule has 0 bridgehead atoms. The fraction of sp³-hybridized carbons (Fsp3) is 0.136. The summed E-state index contributed by atoms with van der Waals surface area (Å²) in [5, 5.41) is 21.2. The van der Waals surface area contributed by atoms with Crippen molar-refractivity contribution in [3.05, 3.63) is 99.0 Å². The zero-order valence-corrected chi connectivity index (χ0v) is 17.6. The van der Waals surface area contributed by atoms with Gasteiger partial charge >= 0.3 is 5.92 Å². The SMILES string of the molecule is OC(Cn1cnnn1)(c1ccc(F)cc1F)C(F)(F)c1ccc(C#Cc2ccc(F)c(F)c2)s1. The molecule has 1 N–H and O–H groups in total. The van der Waals surface area contributed by atoms with Gasteiger partial charge in [0, 0.05) is 17.2 Å². The molecule has 0 fully saturated rings. The number of aliphatic hydroxyl groups is 1. The smallest absolute Gasteiger partial charge is 0.316 e. The molecule has 174 valence electrons. The molecular weight excluding hydrogens is 482 g/mol. The van der Waals surface area contributed by atoms with Crippen molar-refractivity contribution in [1.29, 1.82) is 0 Å². The van der Waals surface area contributed by atoms with Gasteiger partial charge in [0.15, 0.2) is 17.2 Å². The molecule has 12 heteroatoms. The number of hydrogen-bond donors (Lipinski definition) is 1. The Labute approximate surface area is 192 Å². The van der Waals surface area contributed by atoms with Crippen LogP contribution in [0.4, 0.5) is 26.3 Å². The normalized spacial score (nSPS) is 13.3. The minimum Gasteiger partial charge on any atom is -0.377 e. The first-order chi connectivity index (χ1) is 16.1. The Kier molecular flexibility index (Phi) is 6.16. The summed E-state index contributed by atoms with van der Waals surface area (Å²) in [4.78, 5) is -0.565. The van der Waals surface area contributed by atoms with Crippen LogP contribution in [0.5, 0.6) is 0 Å². The Hall–Kier alpha value is -3.69. The molecule has 0 saturated heterocycles. The van der Waals surface area contributed by atoms with E-state index in [4.69, 9.17) is 0 Å². The fourth-order valence-corrected chi connectivity index (χ4v) is 4.06. The molecule has 4 rings (SSSR count). The number of nitrogens with zero attached hydrogens (tertiary/aromatic N) is 4. The number of thiophene rings is 1. The second kappa shape index (κ2) is 8.92. The number of tetrazole rings is 1. The van der Waals surface area contributed by atoms with Crippen molar-refractivity contribution in [2.75, 3.05) is 0 Å². The molecule has 0 aliphatic carbocycles. The van der Waals surface area contributed by atoms with E-state index in [0.29, 0.717) is 17.4 Å². The summed E-state index contributed by atoms with van der Waals surface area (Å²) >= 11 is 0.501. The van der Waals surface area contributed by atoms with Gasteiger partial charge in [0.2, 0.25) is 0 Å². The van der Waals surface area contributed by atoms with Gasteiger partial charge in [-0.3, -0.25) is 0 Å². The highest BCUT2D eigenvalue weighted by Crippen LogP contribution is 2.49. The van der Waals surface area contributed by atoms with Crippen LogP contribution in [0.15, 0.2) is 54.9 Å². The van der Waals surface area contributed by atoms with Crippen molar-refractivity contribution in [3.63, 3.8) is 0 Å². The standard InChI is InChI=1S/C22H12F6N4OS/c23-14-3-6-16(18(25)10-14)21(33,11-32-12-29-30-31-32)22(27,28)20-8-5-15(34-20)4-1-13-2-7-17(24)19(26)9-13/h2-3,5-10,12,33H,11H2. The minimum absolute atomic E-state index is 0.115. The summed E-state index contributed by atoms with van der Waals surface area (Å²) < 4.78 is 86.5. The zero-order valence-electron chi connectivity index (χ0n) is 16.8. The first-order valence-corrected chi connectivity index (χ1v) is 10.3. The number of benzene rings is 2. The van der Waals surface area contributed by atoms with Gasteiger partial charge in [-0.15, -0.1) is 16.4 Å². The lowest BCUT2D eigenvalue weighted by Gasteiger charge is -2.35. The third-order valence-corrected chi connectivity index (χ3v) is 5.91. The van der Waals surface area contributed by atoms with E-state index < -0.39 is 51.8 Å². The van der Waals surface area contributed by atoms with Crippen LogP contribution in [0.1, 0.15) is 20.9 Å². The Bertz CT molecular complexity index is 1400. The number of halogens is 6.